The van der Waals surface area contributed by atoms with Gasteiger partial charge in [-0.15, -0.1) is 0 Å². The SMILES string of the molecule is CCOC(=O)CCCOc1ccc(C#N)c(C#N)c1. The summed E-state index contributed by atoms with van der Waals surface area (Å²) in [5, 5.41) is 17.6. The molecule has 0 aliphatic heterocycles. The van der Waals surface area contributed by atoms with Gasteiger partial charge < -0.3 is 9.47 Å². The van der Waals surface area contributed by atoms with Crippen LogP contribution in [0.2, 0.25) is 0 Å². The largest absolute Gasteiger partial charge is 0.494 e. The van der Waals surface area contributed by atoms with Crippen molar-refractivity contribution in [3.05, 3.63) is 29.3 Å². The maximum atomic E-state index is 11.1. The summed E-state index contributed by atoms with van der Waals surface area (Å²) < 4.78 is 10.2. The molecule has 0 spiro atoms. The van der Waals surface area contributed by atoms with Crippen LogP contribution in [0.3, 0.4) is 0 Å². The molecule has 0 aliphatic carbocycles. The molecule has 1 aromatic carbocycles. The first-order valence-electron chi connectivity index (χ1n) is 5.94. The molecule has 1 aromatic rings. The maximum Gasteiger partial charge on any atom is 0.305 e. The van der Waals surface area contributed by atoms with Gasteiger partial charge in [-0.05, 0) is 31.5 Å². The second-order valence-corrected chi connectivity index (χ2v) is 3.69. The van der Waals surface area contributed by atoms with Crippen LogP contribution >= 0.6 is 0 Å². The monoisotopic (exact) mass is 258 g/mol. The van der Waals surface area contributed by atoms with Gasteiger partial charge in [-0.3, -0.25) is 4.79 Å². The molecule has 0 atom stereocenters. The zero-order valence-electron chi connectivity index (χ0n) is 10.7. The van der Waals surface area contributed by atoms with Crippen molar-refractivity contribution >= 4 is 5.97 Å². The summed E-state index contributed by atoms with van der Waals surface area (Å²) in [5.74, 6) is 0.267. The van der Waals surface area contributed by atoms with Gasteiger partial charge in [0, 0.05) is 6.42 Å². The van der Waals surface area contributed by atoms with Gasteiger partial charge in [-0.25, -0.2) is 0 Å². The molecular weight excluding hydrogens is 244 g/mol. The van der Waals surface area contributed by atoms with E-state index < -0.39 is 0 Å². The fourth-order valence-electron chi connectivity index (χ4n) is 1.44. The zero-order chi connectivity index (χ0) is 14.1. The molecule has 0 unspecified atom stereocenters. The molecule has 19 heavy (non-hydrogen) atoms. The molecule has 5 heteroatoms. The summed E-state index contributed by atoms with van der Waals surface area (Å²) in [7, 11) is 0. The molecule has 5 nitrogen and oxygen atoms in total. The summed E-state index contributed by atoms with van der Waals surface area (Å²) >= 11 is 0. The van der Waals surface area contributed by atoms with Crippen LogP contribution in [-0.2, 0) is 9.53 Å². The van der Waals surface area contributed by atoms with Crippen LogP contribution in [0.1, 0.15) is 30.9 Å². The van der Waals surface area contributed by atoms with Crippen molar-refractivity contribution in [2.45, 2.75) is 19.8 Å². The third kappa shape index (κ3) is 4.69. The maximum absolute atomic E-state index is 11.1. The van der Waals surface area contributed by atoms with Gasteiger partial charge >= 0.3 is 5.97 Å². The Bertz CT molecular complexity index is 526. The van der Waals surface area contributed by atoms with E-state index >= 15 is 0 Å². The van der Waals surface area contributed by atoms with Crippen molar-refractivity contribution < 1.29 is 14.3 Å². The van der Waals surface area contributed by atoms with E-state index in [0.717, 1.165) is 0 Å². The van der Waals surface area contributed by atoms with E-state index in [1.165, 1.54) is 6.07 Å². The standard InChI is InChI=1S/C14H14N2O3/c1-2-18-14(17)4-3-7-19-13-6-5-11(9-15)12(8-13)10-16/h5-6,8H,2-4,7H2,1H3. The lowest BCUT2D eigenvalue weighted by atomic mass is 10.1. The number of ether oxygens (including phenoxy) is 2. The minimum Gasteiger partial charge on any atom is -0.494 e. The lowest BCUT2D eigenvalue weighted by molar-refractivity contribution is -0.143. The minimum absolute atomic E-state index is 0.247. The highest BCUT2D eigenvalue weighted by atomic mass is 16.5. The van der Waals surface area contributed by atoms with Gasteiger partial charge in [-0.2, -0.15) is 10.5 Å². The van der Waals surface area contributed by atoms with Crippen molar-refractivity contribution in [3.63, 3.8) is 0 Å². The van der Waals surface area contributed by atoms with Gasteiger partial charge in [-0.1, -0.05) is 0 Å². The molecule has 1 rings (SSSR count). The number of nitriles is 2. The molecule has 0 fully saturated rings. The number of rotatable bonds is 6. The van der Waals surface area contributed by atoms with Crippen LogP contribution in [0.15, 0.2) is 18.2 Å². The van der Waals surface area contributed by atoms with E-state index in [2.05, 4.69) is 0 Å². The number of carbonyl (C=O) groups excluding carboxylic acids is 1. The molecule has 0 aromatic heterocycles. The fourth-order valence-corrected chi connectivity index (χ4v) is 1.44. The summed E-state index contributed by atoms with van der Waals surface area (Å²) in [6.45, 7) is 2.49. The molecule has 0 aliphatic rings. The van der Waals surface area contributed by atoms with Gasteiger partial charge in [0.15, 0.2) is 0 Å². The smallest absolute Gasteiger partial charge is 0.305 e. The van der Waals surface area contributed by atoms with Gasteiger partial charge in [0.2, 0.25) is 0 Å². The lowest BCUT2D eigenvalue weighted by Gasteiger charge is -2.06. The zero-order valence-corrected chi connectivity index (χ0v) is 10.7. The average Bonchev–Trinajstić information content (AvgIpc) is 2.43. The minimum atomic E-state index is -0.247. The molecule has 0 amide bonds. The molecule has 0 radical (unpaired) electrons. The Labute approximate surface area is 112 Å². The van der Waals surface area contributed by atoms with Crippen LogP contribution in [0.25, 0.3) is 0 Å². The third-order valence-corrected chi connectivity index (χ3v) is 2.33. The predicted molar refractivity (Wildman–Crippen MR) is 67.2 cm³/mol. The molecular formula is C14H14N2O3. The van der Waals surface area contributed by atoms with Crippen molar-refractivity contribution in [1.29, 1.82) is 10.5 Å². The first-order valence-corrected chi connectivity index (χ1v) is 5.94. The lowest BCUT2D eigenvalue weighted by Crippen LogP contribution is -2.06. The Morgan fingerprint density at radius 1 is 1.26 bits per heavy atom. The quantitative estimate of drug-likeness (QED) is 0.576. The first kappa shape index (κ1) is 14.5. The van der Waals surface area contributed by atoms with E-state index in [0.29, 0.717) is 37.4 Å². The van der Waals surface area contributed by atoms with E-state index in [1.807, 2.05) is 12.1 Å². The molecule has 0 heterocycles. The Hall–Kier alpha value is -2.53. The number of esters is 1. The molecule has 0 bridgehead atoms. The van der Waals surface area contributed by atoms with Crippen LogP contribution < -0.4 is 4.74 Å². The normalized spacial score (nSPS) is 9.21. The number of benzene rings is 1. The van der Waals surface area contributed by atoms with Crippen LogP contribution in [0, 0.1) is 22.7 Å². The Morgan fingerprint density at radius 2 is 2.00 bits per heavy atom. The highest BCUT2D eigenvalue weighted by Gasteiger charge is 2.05. The second kappa shape index (κ2) is 7.73. The number of nitrogens with zero attached hydrogens (tertiary/aromatic N) is 2. The highest BCUT2D eigenvalue weighted by molar-refractivity contribution is 5.69. The summed E-state index contributed by atoms with van der Waals surface area (Å²) in [5.41, 5.74) is 0.603. The topological polar surface area (TPSA) is 83.1 Å². The average molecular weight is 258 g/mol. The first-order chi connectivity index (χ1) is 9.21. The number of hydrogen-bond acceptors (Lipinski definition) is 5. The van der Waals surface area contributed by atoms with E-state index in [-0.39, 0.29) is 11.5 Å². The Balaban J connectivity index is 2.45. The Kier molecular flexibility index (Phi) is 5.91. The van der Waals surface area contributed by atoms with E-state index in [1.54, 1.807) is 19.1 Å². The molecule has 0 N–H and O–H groups in total. The van der Waals surface area contributed by atoms with Crippen LogP contribution in [0.5, 0.6) is 5.75 Å². The van der Waals surface area contributed by atoms with Crippen molar-refractivity contribution in [2.24, 2.45) is 0 Å². The molecule has 0 saturated heterocycles. The van der Waals surface area contributed by atoms with Gasteiger partial charge in [0.05, 0.1) is 24.3 Å². The summed E-state index contributed by atoms with van der Waals surface area (Å²) in [6.07, 6.45) is 0.843. The predicted octanol–water partition coefficient (Wildman–Crippen LogP) is 2.15. The summed E-state index contributed by atoms with van der Waals surface area (Å²) in [6, 6.07) is 8.55. The van der Waals surface area contributed by atoms with Gasteiger partial charge in [0.25, 0.3) is 0 Å². The van der Waals surface area contributed by atoms with Crippen molar-refractivity contribution in [3.8, 4) is 17.9 Å². The van der Waals surface area contributed by atoms with Crippen LogP contribution in [0.4, 0.5) is 0 Å². The highest BCUT2D eigenvalue weighted by Crippen LogP contribution is 2.17. The Morgan fingerprint density at radius 3 is 2.63 bits per heavy atom. The van der Waals surface area contributed by atoms with Crippen molar-refractivity contribution in [2.75, 3.05) is 13.2 Å². The third-order valence-electron chi connectivity index (χ3n) is 2.33. The number of carbonyl (C=O) groups is 1. The van der Waals surface area contributed by atoms with Gasteiger partial charge in [0.1, 0.15) is 17.9 Å². The fraction of sp³-hybridized carbons (Fsp3) is 0.357. The number of hydrogen-bond donors (Lipinski definition) is 0. The van der Waals surface area contributed by atoms with E-state index in [4.69, 9.17) is 20.0 Å². The summed E-state index contributed by atoms with van der Waals surface area (Å²) in [4.78, 5) is 11.1. The second-order valence-electron chi connectivity index (χ2n) is 3.69. The van der Waals surface area contributed by atoms with E-state index in [9.17, 15) is 4.79 Å². The van der Waals surface area contributed by atoms with Crippen LogP contribution in [-0.4, -0.2) is 19.2 Å². The molecule has 98 valence electrons. The van der Waals surface area contributed by atoms with Crippen molar-refractivity contribution in [1.82, 2.24) is 0 Å². The molecule has 0 saturated carbocycles.